The van der Waals surface area contributed by atoms with E-state index in [0.717, 1.165) is 43.4 Å². The van der Waals surface area contributed by atoms with Crippen molar-refractivity contribution in [3.63, 3.8) is 0 Å². The number of halogens is 1. The van der Waals surface area contributed by atoms with Crippen LogP contribution in [0.3, 0.4) is 0 Å². The van der Waals surface area contributed by atoms with Gasteiger partial charge in [0.25, 0.3) is 5.91 Å². The number of nitrogens with zero attached hydrogens (tertiary/aromatic N) is 4. The van der Waals surface area contributed by atoms with Crippen molar-refractivity contribution in [1.29, 1.82) is 0 Å². The van der Waals surface area contributed by atoms with Gasteiger partial charge in [0.05, 0.1) is 16.4 Å². The number of amides is 1. The maximum Gasteiger partial charge on any atom is 0.271 e. The van der Waals surface area contributed by atoms with E-state index < -0.39 is 5.82 Å². The summed E-state index contributed by atoms with van der Waals surface area (Å²) in [6.45, 7) is 3.97. The summed E-state index contributed by atoms with van der Waals surface area (Å²) in [6, 6.07) is 13.8. The molecule has 0 aliphatic carbocycles. The molecule has 9 heteroatoms. The standard InChI is InChI=1S/C26H27FN6OS/c27-21-12-20(13-28-16-21)15-30-26-31-22-8-11-35-24(22)23(32-26)25(34)29-14-18-6-9-33(10-7-18)17-19-4-2-1-3-5-19/h1-5,8,11-13,16,18H,6-7,9-10,14-15,17H2,(H,29,34)(H,30,31,32). The van der Waals surface area contributed by atoms with Crippen LogP contribution in [0.25, 0.3) is 10.2 Å². The average Bonchev–Trinajstić information content (AvgIpc) is 3.36. The number of carbonyl (C=O) groups is 1. The van der Waals surface area contributed by atoms with E-state index in [1.165, 1.54) is 23.0 Å². The number of aromatic nitrogens is 3. The maximum absolute atomic E-state index is 13.4. The molecule has 7 nitrogen and oxygen atoms in total. The lowest BCUT2D eigenvalue weighted by Gasteiger charge is -2.32. The Morgan fingerprint density at radius 3 is 2.71 bits per heavy atom. The van der Waals surface area contributed by atoms with Gasteiger partial charge in [-0.1, -0.05) is 30.3 Å². The van der Waals surface area contributed by atoms with Crippen LogP contribution in [-0.4, -0.2) is 45.4 Å². The lowest BCUT2D eigenvalue weighted by atomic mass is 9.96. The van der Waals surface area contributed by atoms with Gasteiger partial charge in [0, 0.05) is 25.8 Å². The fraction of sp³-hybridized carbons (Fsp3) is 0.308. The molecule has 1 aromatic carbocycles. The molecule has 4 heterocycles. The second-order valence-corrected chi connectivity index (χ2v) is 9.73. The molecular weight excluding hydrogens is 463 g/mol. The molecule has 0 saturated carbocycles. The minimum Gasteiger partial charge on any atom is -0.350 e. The van der Waals surface area contributed by atoms with Gasteiger partial charge in [-0.05, 0) is 60.5 Å². The first kappa shape index (κ1) is 23.3. The summed E-state index contributed by atoms with van der Waals surface area (Å²) in [4.78, 5) is 28.4. The number of rotatable bonds is 8. The summed E-state index contributed by atoms with van der Waals surface area (Å²) in [7, 11) is 0. The number of anilines is 1. The van der Waals surface area contributed by atoms with Crippen LogP contribution in [0.4, 0.5) is 10.3 Å². The summed E-state index contributed by atoms with van der Waals surface area (Å²) in [5.41, 5.74) is 3.08. The highest BCUT2D eigenvalue weighted by Crippen LogP contribution is 2.24. The van der Waals surface area contributed by atoms with Crippen LogP contribution in [0.5, 0.6) is 0 Å². The Morgan fingerprint density at radius 1 is 1.09 bits per heavy atom. The largest absolute Gasteiger partial charge is 0.350 e. The Morgan fingerprint density at radius 2 is 1.91 bits per heavy atom. The molecule has 1 saturated heterocycles. The topological polar surface area (TPSA) is 83.0 Å². The predicted molar refractivity (Wildman–Crippen MR) is 136 cm³/mol. The van der Waals surface area contributed by atoms with Crippen molar-refractivity contribution in [2.24, 2.45) is 5.92 Å². The summed E-state index contributed by atoms with van der Waals surface area (Å²) >= 11 is 1.45. The van der Waals surface area contributed by atoms with Crippen molar-refractivity contribution in [3.8, 4) is 0 Å². The maximum atomic E-state index is 13.4. The molecule has 1 amide bonds. The third-order valence-electron chi connectivity index (χ3n) is 6.24. The molecule has 2 N–H and O–H groups in total. The summed E-state index contributed by atoms with van der Waals surface area (Å²) < 4.78 is 14.2. The van der Waals surface area contributed by atoms with Crippen molar-refractivity contribution in [2.45, 2.75) is 25.9 Å². The SMILES string of the molecule is O=C(NCC1CCN(Cc2ccccc2)CC1)c1nc(NCc2cncc(F)c2)nc2ccsc12. The van der Waals surface area contributed by atoms with Gasteiger partial charge in [-0.15, -0.1) is 11.3 Å². The number of fused-ring (bicyclic) bond motifs is 1. The minimum atomic E-state index is -0.399. The lowest BCUT2D eigenvalue weighted by molar-refractivity contribution is 0.0932. The van der Waals surface area contributed by atoms with E-state index in [1.807, 2.05) is 17.5 Å². The first-order valence-electron chi connectivity index (χ1n) is 11.8. The number of carbonyl (C=O) groups excluding carboxylic acids is 1. The van der Waals surface area contributed by atoms with Crippen LogP contribution in [-0.2, 0) is 13.1 Å². The Bertz CT molecular complexity index is 1290. The van der Waals surface area contributed by atoms with Crippen molar-refractivity contribution in [1.82, 2.24) is 25.2 Å². The highest BCUT2D eigenvalue weighted by molar-refractivity contribution is 7.17. The second-order valence-electron chi connectivity index (χ2n) is 8.81. The zero-order valence-corrected chi connectivity index (χ0v) is 20.1. The van der Waals surface area contributed by atoms with Gasteiger partial charge in [0.15, 0.2) is 5.69 Å². The molecule has 1 fully saturated rings. The molecule has 0 radical (unpaired) electrons. The number of hydrogen-bond donors (Lipinski definition) is 2. The van der Waals surface area contributed by atoms with Gasteiger partial charge < -0.3 is 10.6 Å². The number of piperidine rings is 1. The van der Waals surface area contributed by atoms with Gasteiger partial charge in [0.2, 0.25) is 5.95 Å². The average molecular weight is 491 g/mol. The molecule has 5 rings (SSSR count). The third kappa shape index (κ3) is 5.98. The monoisotopic (exact) mass is 490 g/mol. The predicted octanol–water partition coefficient (Wildman–Crippen LogP) is 4.48. The molecule has 0 unspecified atom stereocenters. The molecule has 35 heavy (non-hydrogen) atoms. The molecule has 3 aromatic heterocycles. The Kier molecular flexibility index (Phi) is 7.25. The van der Waals surface area contributed by atoms with Crippen molar-refractivity contribution < 1.29 is 9.18 Å². The summed E-state index contributed by atoms with van der Waals surface area (Å²) in [6.07, 6.45) is 4.85. The van der Waals surface area contributed by atoms with E-state index >= 15 is 0 Å². The first-order chi connectivity index (χ1) is 17.1. The van der Waals surface area contributed by atoms with Crippen LogP contribution >= 0.6 is 11.3 Å². The minimum absolute atomic E-state index is 0.193. The molecule has 0 spiro atoms. The molecule has 0 atom stereocenters. The number of thiophene rings is 1. The highest BCUT2D eigenvalue weighted by atomic mass is 32.1. The molecule has 180 valence electrons. The van der Waals surface area contributed by atoms with Crippen LogP contribution in [0, 0.1) is 11.7 Å². The second kappa shape index (κ2) is 10.9. The van der Waals surface area contributed by atoms with E-state index in [9.17, 15) is 9.18 Å². The van der Waals surface area contributed by atoms with E-state index in [0.29, 0.717) is 41.7 Å². The molecule has 1 aliphatic heterocycles. The van der Waals surface area contributed by atoms with Gasteiger partial charge in [-0.2, -0.15) is 0 Å². The normalized spacial score (nSPS) is 14.8. The van der Waals surface area contributed by atoms with E-state index in [-0.39, 0.29) is 5.91 Å². The fourth-order valence-electron chi connectivity index (χ4n) is 4.34. The Labute approximate surface area is 207 Å². The van der Waals surface area contributed by atoms with E-state index in [1.54, 1.807) is 6.20 Å². The van der Waals surface area contributed by atoms with Crippen molar-refractivity contribution in [2.75, 3.05) is 25.0 Å². The van der Waals surface area contributed by atoms with E-state index in [2.05, 4.69) is 54.8 Å². The fourth-order valence-corrected chi connectivity index (χ4v) is 5.16. The van der Waals surface area contributed by atoms with Crippen LogP contribution in [0.15, 0.2) is 60.2 Å². The lowest BCUT2D eigenvalue weighted by Crippen LogP contribution is -2.38. The Balaban J connectivity index is 1.18. The van der Waals surface area contributed by atoms with Crippen LogP contribution < -0.4 is 10.6 Å². The number of likely N-dealkylation sites (tertiary alicyclic amines) is 1. The first-order valence-corrected chi connectivity index (χ1v) is 12.6. The van der Waals surface area contributed by atoms with Gasteiger partial charge in [-0.3, -0.25) is 14.7 Å². The summed E-state index contributed by atoms with van der Waals surface area (Å²) in [5.74, 6) is 0.191. The van der Waals surface area contributed by atoms with Gasteiger partial charge in [-0.25, -0.2) is 14.4 Å². The van der Waals surface area contributed by atoms with Gasteiger partial charge >= 0.3 is 0 Å². The van der Waals surface area contributed by atoms with E-state index in [4.69, 9.17) is 0 Å². The summed E-state index contributed by atoms with van der Waals surface area (Å²) in [5, 5.41) is 8.08. The van der Waals surface area contributed by atoms with Crippen molar-refractivity contribution in [3.05, 3.63) is 82.9 Å². The number of hydrogen-bond acceptors (Lipinski definition) is 7. The number of pyridine rings is 1. The zero-order chi connectivity index (χ0) is 24.0. The van der Waals surface area contributed by atoms with Gasteiger partial charge in [0.1, 0.15) is 5.82 Å². The van der Waals surface area contributed by atoms with Crippen LogP contribution in [0.2, 0.25) is 0 Å². The molecule has 0 bridgehead atoms. The van der Waals surface area contributed by atoms with Crippen molar-refractivity contribution >= 4 is 33.4 Å². The third-order valence-corrected chi connectivity index (χ3v) is 7.15. The Hall–Kier alpha value is -3.43. The smallest absolute Gasteiger partial charge is 0.271 e. The number of nitrogens with one attached hydrogen (secondary N) is 2. The number of benzene rings is 1. The zero-order valence-electron chi connectivity index (χ0n) is 19.3. The highest BCUT2D eigenvalue weighted by Gasteiger charge is 2.22. The molecule has 4 aromatic rings. The quantitative estimate of drug-likeness (QED) is 0.379. The van der Waals surface area contributed by atoms with Crippen LogP contribution in [0.1, 0.15) is 34.5 Å². The molecule has 1 aliphatic rings. The molecular formula is C26H27FN6OS.